The first kappa shape index (κ1) is 29.2. The van der Waals surface area contributed by atoms with Gasteiger partial charge in [0.05, 0.1) is 25.8 Å². The van der Waals surface area contributed by atoms with Crippen molar-refractivity contribution in [1.82, 2.24) is 9.55 Å². The van der Waals surface area contributed by atoms with Crippen LogP contribution < -0.4 is 25.1 Å². The van der Waals surface area contributed by atoms with E-state index in [1.165, 1.54) is 76.9 Å². The number of ether oxygens (including phenoxy) is 3. The van der Waals surface area contributed by atoms with Gasteiger partial charge in [-0.1, -0.05) is 0 Å². The van der Waals surface area contributed by atoms with Crippen molar-refractivity contribution in [2.45, 2.75) is 20.0 Å². The van der Waals surface area contributed by atoms with E-state index in [1.54, 1.807) is 18.2 Å². The lowest BCUT2D eigenvalue weighted by atomic mass is 10.0. The number of aromatic nitrogens is 2. The van der Waals surface area contributed by atoms with Crippen LogP contribution in [-0.4, -0.2) is 34.8 Å². The Morgan fingerprint density at radius 1 is 0.953 bits per heavy atom. The van der Waals surface area contributed by atoms with E-state index < -0.39 is 29.2 Å². The van der Waals surface area contributed by atoms with E-state index in [9.17, 15) is 19.1 Å². The van der Waals surface area contributed by atoms with Gasteiger partial charge in [0.15, 0.2) is 23.1 Å². The van der Waals surface area contributed by atoms with Crippen LogP contribution in [0.5, 0.6) is 23.0 Å². The second-order valence-corrected chi connectivity index (χ2v) is 9.65. The summed E-state index contributed by atoms with van der Waals surface area (Å²) in [5.74, 6) is -0.968. The fraction of sp³-hybridized carbons (Fsp3) is 0.156. The molecule has 2 N–H and O–H groups in total. The quantitative estimate of drug-likeness (QED) is 0.226. The zero-order valence-corrected chi connectivity index (χ0v) is 23.6. The summed E-state index contributed by atoms with van der Waals surface area (Å²) in [5.41, 5.74) is 0.542. The number of pyridine rings is 2. The fourth-order valence-corrected chi connectivity index (χ4v) is 4.71. The number of rotatable bonds is 8. The van der Waals surface area contributed by atoms with Crippen LogP contribution in [0.4, 0.5) is 14.5 Å². The molecule has 5 aromatic rings. The first-order valence-electron chi connectivity index (χ1n) is 13.1. The van der Waals surface area contributed by atoms with Crippen LogP contribution in [0.15, 0.2) is 77.9 Å². The van der Waals surface area contributed by atoms with E-state index in [-0.39, 0.29) is 22.6 Å². The molecule has 2 heterocycles. The number of anilines is 1. The lowest BCUT2D eigenvalue weighted by Crippen LogP contribution is -2.31. The molecule has 43 heavy (non-hydrogen) atoms. The van der Waals surface area contributed by atoms with Gasteiger partial charge >= 0.3 is 0 Å². The predicted octanol–water partition coefficient (Wildman–Crippen LogP) is 6.09. The molecule has 0 fully saturated rings. The first-order valence-corrected chi connectivity index (χ1v) is 13.1. The number of halogens is 2. The number of amides is 1. The third-order valence-electron chi connectivity index (χ3n) is 6.91. The number of nitrogens with one attached hydrogen (secondary N) is 1. The van der Waals surface area contributed by atoms with Crippen molar-refractivity contribution in [2.75, 3.05) is 19.5 Å². The number of benzene rings is 3. The zero-order valence-electron chi connectivity index (χ0n) is 23.6. The largest absolute Gasteiger partial charge is 0.493 e. The van der Waals surface area contributed by atoms with Gasteiger partial charge < -0.3 is 24.6 Å². The number of carbonyl (C=O) groups excluding carboxylic acids is 1. The van der Waals surface area contributed by atoms with Crippen LogP contribution in [-0.2, 0) is 0 Å². The van der Waals surface area contributed by atoms with Gasteiger partial charge in [0.1, 0.15) is 17.1 Å². The van der Waals surface area contributed by atoms with Crippen molar-refractivity contribution >= 4 is 22.5 Å². The number of fused-ring (bicyclic) bond motifs is 1. The standard InChI is InChI=1S/C32H27F2N3O6/c1-17-23(18(2)38)16-37(21-8-5-19(33)6-9-21)32(40)30(17)31(39)36-20-7-10-27(24(34)13-20)43-26-11-12-35-25-15-29(42-4)28(41-3)14-22(25)26/h5-16,18,38H,1-4H3,(H,36,39). The van der Waals surface area contributed by atoms with E-state index in [1.807, 2.05) is 0 Å². The number of carbonyl (C=O) groups is 1. The molecular weight excluding hydrogens is 560 g/mol. The molecular formula is C32H27F2N3O6. The van der Waals surface area contributed by atoms with Crippen molar-refractivity contribution in [1.29, 1.82) is 0 Å². The van der Waals surface area contributed by atoms with Crippen molar-refractivity contribution in [3.05, 3.63) is 112 Å². The lowest BCUT2D eigenvalue weighted by Gasteiger charge is -2.17. The number of aliphatic hydroxyl groups excluding tert-OH is 1. The molecule has 1 unspecified atom stereocenters. The normalized spacial score (nSPS) is 11.7. The molecule has 220 valence electrons. The highest BCUT2D eigenvalue weighted by molar-refractivity contribution is 6.05. The molecule has 11 heteroatoms. The van der Waals surface area contributed by atoms with E-state index in [0.717, 1.165) is 10.6 Å². The molecule has 0 aliphatic heterocycles. The van der Waals surface area contributed by atoms with E-state index >= 15 is 4.39 Å². The van der Waals surface area contributed by atoms with Crippen LogP contribution >= 0.6 is 0 Å². The molecule has 5 rings (SSSR count). The summed E-state index contributed by atoms with van der Waals surface area (Å²) in [4.78, 5) is 31.1. The van der Waals surface area contributed by atoms with Gasteiger partial charge in [0.2, 0.25) is 0 Å². The molecule has 0 bridgehead atoms. The Morgan fingerprint density at radius 3 is 2.30 bits per heavy atom. The third kappa shape index (κ3) is 5.75. The van der Waals surface area contributed by atoms with Crippen LogP contribution in [0.2, 0.25) is 0 Å². The number of methoxy groups -OCH3 is 2. The first-order chi connectivity index (χ1) is 20.6. The third-order valence-corrected chi connectivity index (χ3v) is 6.91. The maximum absolute atomic E-state index is 15.2. The SMILES string of the molecule is COc1cc2nccc(Oc3ccc(NC(=O)c4c(C)c(C(C)O)cn(-c5ccc(F)cc5)c4=O)cc3F)c2cc1OC. The second-order valence-electron chi connectivity index (χ2n) is 9.65. The summed E-state index contributed by atoms with van der Waals surface area (Å²) in [7, 11) is 3.00. The highest BCUT2D eigenvalue weighted by atomic mass is 19.1. The Morgan fingerprint density at radius 2 is 1.65 bits per heavy atom. The maximum Gasteiger partial charge on any atom is 0.268 e. The lowest BCUT2D eigenvalue weighted by molar-refractivity contribution is 0.102. The molecule has 0 aliphatic carbocycles. The summed E-state index contributed by atoms with van der Waals surface area (Å²) >= 11 is 0. The smallest absolute Gasteiger partial charge is 0.268 e. The molecule has 1 atom stereocenters. The Bertz CT molecular complexity index is 1910. The molecule has 3 aromatic carbocycles. The van der Waals surface area contributed by atoms with Gasteiger partial charge in [0.25, 0.3) is 11.5 Å². The van der Waals surface area contributed by atoms with Crippen LogP contribution in [0, 0.1) is 18.6 Å². The van der Waals surface area contributed by atoms with Gasteiger partial charge in [-0.25, -0.2) is 8.78 Å². The average molecular weight is 588 g/mol. The highest BCUT2D eigenvalue weighted by Gasteiger charge is 2.22. The van der Waals surface area contributed by atoms with Crippen LogP contribution in [0.1, 0.15) is 34.5 Å². The summed E-state index contributed by atoms with van der Waals surface area (Å²) in [6.45, 7) is 3.03. The summed E-state index contributed by atoms with van der Waals surface area (Å²) < 4.78 is 46.4. The zero-order chi connectivity index (χ0) is 30.8. The van der Waals surface area contributed by atoms with Crippen molar-refractivity contribution in [2.24, 2.45) is 0 Å². The molecule has 9 nitrogen and oxygen atoms in total. The Labute approximate surface area is 244 Å². The van der Waals surface area contributed by atoms with E-state index in [4.69, 9.17) is 14.2 Å². The average Bonchev–Trinajstić information content (AvgIpc) is 2.98. The minimum Gasteiger partial charge on any atom is -0.493 e. The molecule has 1 amide bonds. The molecule has 2 aromatic heterocycles. The van der Waals surface area contributed by atoms with Crippen molar-refractivity contribution in [3.63, 3.8) is 0 Å². The van der Waals surface area contributed by atoms with Gasteiger partial charge in [-0.2, -0.15) is 0 Å². The van der Waals surface area contributed by atoms with Gasteiger partial charge in [0, 0.05) is 46.9 Å². The number of aliphatic hydroxyl groups is 1. The second kappa shape index (κ2) is 11.9. The predicted molar refractivity (Wildman–Crippen MR) is 157 cm³/mol. The van der Waals surface area contributed by atoms with Crippen molar-refractivity contribution in [3.8, 4) is 28.7 Å². The van der Waals surface area contributed by atoms with Gasteiger partial charge in [-0.05, 0) is 67.9 Å². The topological polar surface area (TPSA) is 112 Å². The molecule has 0 spiro atoms. The number of nitrogens with zero attached hydrogens (tertiary/aromatic N) is 2. The van der Waals surface area contributed by atoms with Gasteiger partial charge in [-0.15, -0.1) is 0 Å². The van der Waals surface area contributed by atoms with Crippen LogP contribution in [0.25, 0.3) is 16.6 Å². The number of hydrogen-bond donors (Lipinski definition) is 2. The molecule has 0 saturated heterocycles. The van der Waals surface area contributed by atoms with Crippen molar-refractivity contribution < 1.29 is 32.9 Å². The fourth-order valence-electron chi connectivity index (χ4n) is 4.71. The monoisotopic (exact) mass is 587 g/mol. The Hall–Kier alpha value is -5.29. The van der Waals surface area contributed by atoms with E-state index in [2.05, 4.69) is 10.3 Å². The highest BCUT2D eigenvalue weighted by Crippen LogP contribution is 2.37. The minimum absolute atomic E-state index is 0.0652. The Kier molecular flexibility index (Phi) is 8.09. The molecule has 0 aliphatic rings. The minimum atomic E-state index is -1.02. The summed E-state index contributed by atoms with van der Waals surface area (Å²) in [6.07, 6.45) is 1.91. The Balaban J connectivity index is 1.45. The number of hydrogen-bond acceptors (Lipinski definition) is 7. The molecule has 0 saturated carbocycles. The van der Waals surface area contributed by atoms with E-state index in [0.29, 0.717) is 39.4 Å². The van der Waals surface area contributed by atoms with Gasteiger partial charge in [-0.3, -0.25) is 19.1 Å². The summed E-state index contributed by atoms with van der Waals surface area (Å²) in [6, 6.07) is 13.9. The maximum atomic E-state index is 15.2. The van der Waals surface area contributed by atoms with Crippen LogP contribution in [0.3, 0.4) is 0 Å². The summed E-state index contributed by atoms with van der Waals surface area (Å²) in [5, 5.41) is 13.4. The molecule has 0 radical (unpaired) electrons.